The van der Waals surface area contributed by atoms with Crippen LogP contribution in [0.5, 0.6) is 0 Å². The zero-order valence-electron chi connectivity index (χ0n) is 11.2. The third-order valence-electron chi connectivity index (χ3n) is 3.63. The Kier molecular flexibility index (Phi) is 4.01. The summed E-state index contributed by atoms with van der Waals surface area (Å²) in [6, 6.07) is 0.371. The van der Waals surface area contributed by atoms with E-state index < -0.39 is 0 Å². The lowest BCUT2D eigenvalue weighted by molar-refractivity contribution is 0.262. The van der Waals surface area contributed by atoms with Gasteiger partial charge in [0.05, 0.1) is 0 Å². The summed E-state index contributed by atoms with van der Waals surface area (Å²) in [5.74, 6) is 2.21. The number of hydrogen-bond donors (Lipinski definition) is 2. The number of aliphatic hydroxyl groups excluding tert-OH is 1. The third-order valence-corrected chi connectivity index (χ3v) is 3.63. The largest absolute Gasteiger partial charge is 0.396 e. The molecule has 0 aromatic carbocycles. The van der Waals surface area contributed by atoms with Crippen molar-refractivity contribution in [2.24, 2.45) is 0 Å². The predicted octanol–water partition coefficient (Wildman–Crippen LogP) is 1.42. The zero-order valence-corrected chi connectivity index (χ0v) is 11.2. The second-order valence-corrected chi connectivity index (χ2v) is 4.96. The lowest BCUT2D eigenvalue weighted by atomic mass is 9.99. The molecule has 0 aliphatic carbocycles. The van der Waals surface area contributed by atoms with Gasteiger partial charge in [-0.2, -0.15) is 0 Å². The highest BCUT2D eigenvalue weighted by molar-refractivity contribution is 5.57. The summed E-state index contributed by atoms with van der Waals surface area (Å²) in [5, 5.41) is 9.18. The number of nitrogens with zero attached hydrogens (tertiary/aromatic N) is 3. The van der Waals surface area contributed by atoms with E-state index in [1.807, 2.05) is 13.8 Å². The van der Waals surface area contributed by atoms with Crippen LogP contribution in [-0.4, -0.2) is 34.3 Å². The van der Waals surface area contributed by atoms with E-state index in [1.165, 1.54) is 12.8 Å². The van der Waals surface area contributed by atoms with Crippen molar-refractivity contribution in [3.05, 3.63) is 11.4 Å². The van der Waals surface area contributed by atoms with Gasteiger partial charge in [-0.25, -0.2) is 9.97 Å². The Morgan fingerprint density at radius 1 is 1.33 bits per heavy atom. The number of piperidine rings is 1. The Balaban J connectivity index is 2.33. The average Bonchev–Trinajstić information content (AvgIpc) is 2.35. The first-order chi connectivity index (χ1) is 8.63. The van der Waals surface area contributed by atoms with Gasteiger partial charge in [-0.15, -0.1) is 0 Å². The van der Waals surface area contributed by atoms with Gasteiger partial charge in [0.2, 0.25) is 0 Å². The van der Waals surface area contributed by atoms with E-state index in [0.29, 0.717) is 17.7 Å². The number of rotatable bonds is 3. The second-order valence-electron chi connectivity index (χ2n) is 4.96. The van der Waals surface area contributed by atoms with Crippen LogP contribution in [0.25, 0.3) is 0 Å². The minimum atomic E-state index is 0.222. The zero-order chi connectivity index (χ0) is 13.1. The van der Waals surface area contributed by atoms with Crippen molar-refractivity contribution in [1.82, 2.24) is 9.97 Å². The Morgan fingerprint density at radius 3 is 2.83 bits per heavy atom. The Morgan fingerprint density at radius 2 is 2.11 bits per heavy atom. The van der Waals surface area contributed by atoms with Crippen molar-refractivity contribution in [3.63, 3.8) is 0 Å². The van der Waals surface area contributed by atoms with Gasteiger partial charge < -0.3 is 15.7 Å². The molecule has 100 valence electrons. The lowest BCUT2D eigenvalue weighted by Crippen LogP contribution is -2.41. The molecule has 5 heteroatoms. The molecule has 0 bridgehead atoms. The number of nitrogens with two attached hydrogens (primary N) is 1. The fraction of sp³-hybridized carbons (Fsp3) is 0.692. The normalized spacial score (nSPS) is 20.2. The first kappa shape index (κ1) is 13.1. The molecule has 2 rings (SSSR count). The highest BCUT2D eigenvalue weighted by atomic mass is 16.3. The monoisotopic (exact) mass is 250 g/mol. The van der Waals surface area contributed by atoms with E-state index in [1.54, 1.807) is 0 Å². The molecule has 1 aliphatic rings. The van der Waals surface area contributed by atoms with Crippen LogP contribution in [0.15, 0.2) is 0 Å². The molecule has 1 aromatic heterocycles. The van der Waals surface area contributed by atoms with Crippen LogP contribution in [0.2, 0.25) is 0 Å². The van der Waals surface area contributed by atoms with Crippen LogP contribution in [0, 0.1) is 13.8 Å². The molecule has 0 amide bonds. The maximum Gasteiger partial charge on any atom is 0.137 e. The smallest absolute Gasteiger partial charge is 0.137 e. The molecule has 1 aliphatic heterocycles. The number of aromatic nitrogens is 2. The van der Waals surface area contributed by atoms with Gasteiger partial charge in [-0.05, 0) is 39.5 Å². The predicted molar refractivity (Wildman–Crippen MR) is 72.6 cm³/mol. The molecule has 2 heterocycles. The standard InChI is InChI=1S/C13H22N4O/c1-9-12(14)15-10(2)16-13(9)17-7-4-3-5-11(17)6-8-18/h11,18H,3-8H2,1-2H3,(H2,14,15,16). The first-order valence-electron chi connectivity index (χ1n) is 6.61. The van der Waals surface area contributed by atoms with Gasteiger partial charge in [-0.3, -0.25) is 0 Å². The highest BCUT2D eigenvalue weighted by Gasteiger charge is 2.25. The molecule has 1 fully saturated rings. The summed E-state index contributed by atoms with van der Waals surface area (Å²) < 4.78 is 0. The molecule has 1 aromatic rings. The summed E-state index contributed by atoms with van der Waals surface area (Å²) in [5.41, 5.74) is 6.87. The van der Waals surface area contributed by atoms with E-state index in [-0.39, 0.29) is 6.61 Å². The van der Waals surface area contributed by atoms with Crippen molar-refractivity contribution in [2.45, 2.75) is 45.6 Å². The van der Waals surface area contributed by atoms with Crippen molar-refractivity contribution < 1.29 is 5.11 Å². The Hall–Kier alpha value is -1.36. The number of aryl methyl sites for hydroxylation is 1. The van der Waals surface area contributed by atoms with Gasteiger partial charge in [0.25, 0.3) is 0 Å². The molecule has 1 saturated heterocycles. The third kappa shape index (κ3) is 2.56. The summed E-state index contributed by atoms with van der Waals surface area (Å²) in [7, 11) is 0. The number of nitrogen functional groups attached to an aromatic ring is 1. The SMILES string of the molecule is Cc1nc(N)c(C)c(N2CCCCC2CCO)n1. The van der Waals surface area contributed by atoms with Crippen molar-refractivity contribution in [1.29, 1.82) is 0 Å². The lowest BCUT2D eigenvalue weighted by Gasteiger charge is -2.37. The minimum Gasteiger partial charge on any atom is -0.396 e. The summed E-state index contributed by atoms with van der Waals surface area (Å²) in [6.07, 6.45) is 4.30. The molecule has 0 saturated carbocycles. The molecule has 1 unspecified atom stereocenters. The van der Waals surface area contributed by atoms with E-state index >= 15 is 0 Å². The Labute approximate surface area is 108 Å². The fourth-order valence-corrected chi connectivity index (χ4v) is 2.64. The Bertz CT molecular complexity index is 420. The quantitative estimate of drug-likeness (QED) is 0.848. The molecular formula is C13H22N4O. The molecule has 1 atom stereocenters. The maximum atomic E-state index is 9.18. The van der Waals surface area contributed by atoms with Crippen LogP contribution >= 0.6 is 0 Å². The van der Waals surface area contributed by atoms with Crippen molar-refractivity contribution in [3.8, 4) is 0 Å². The van der Waals surface area contributed by atoms with Crippen LogP contribution in [-0.2, 0) is 0 Å². The second kappa shape index (κ2) is 5.52. The molecule has 5 nitrogen and oxygen atoms in total. The minimum absolute atomic E-state index is 0.222. The molecule has 0 spiro atoms. The van der Waals surface area contributed by atoms with Gasteiger partial charge in [0.15, 0.2) is 0 Å². The van der Waals surface area contributed by atoms with E-state index in [9.17, 15) is 5.11 Å². The van der Waals surface area contributed by atoms with Gasteiger partial charge in [0.1, 0.15) is 17.5 Å². The molecule has 0 radical (unpaired) electrons. The van der Waals surface area contributed by atoms with Gasteiger partial charge in [0, 0.05) is 24.8 Å². The topological polar surface area (TPSA) is 75.3 Å². The van der Waals surface area contributed by atoms with E-state index in [4.69, 9.17) is 5.73 Å². The molecule has 18 heavy (non-hydrogen) atoms. The number of anilines is 2. The summed E-state index contributed by atoms with van der Waals surface area (Å²) in [6.45, 7) is 5.04. The van der Waals surface area contributed by atoms with Crippen LogP contribution in [0.3, 0.4) is 0 Å². The maximum absolute atomic E-state index is 9.18. The number of hydrogen-bond acceptors (Lipinski definition) is 5. The van der Waals surface area contributed by atoms with Crippen molar-refractivity contribution in [2.75, 3.05) is 23.8 Å². The summed E-state index contributed by atoms with van der Waals surface area (Å²) in [4.78, 5) is 11.0. The van der Waals surface area contributed by atoms with Crippen LogP contribution in [0.1, 0.15) is 37.1 Å². The summed E-state index contributed by atoms with van der Waals surface area (Å²) >= 11 is 0. The fourth-order valence-electron chi connectivity index (χ4n) is 2.64. The van der Waals surface area contributed by atoms with Gasteiger partial charge in [-0.1, -0.05) is 0 Å². The molecular weight excluding hydrogens is 228 g/mol. The van der Waals surface area contributed by atoms with Crippen LogP contribution < -0.4 is 10.6 Å². The average molecular weight is 250 g/mol. The number of aliphatic hydroxyl groups is 1. The van der Waals surface area contributed by atoms with Crippen LogP contribution in [0.4, 0.5) is 11.6 Å². The molecule has 3 N–H and O–H groups in total. The van der Waals surface area contributed by atoms with E-state index in [2.05, 4.69) is 14.9 Å². The van der Waals surface area contributed by atoms with E-state index in [0.717, 1.165) is 30.8 Å². The first-order valence-corrected chi connectivity index (χ1v) is 6.61. The van der Waals surface area contributed by atoms with Crippen molar-refractivity contribution >= 4 is 11.6 Å². The highest BCUT2D eigenvalue weighted by Crippen LogP contribution is 2.29. The van der Waals surface area contributed by atoms with Gasteiger partial charge >= 0.3 is 0 Å².